The molecule has 1 saturated heterocycles. The maximum Gasteiger partial charge on any atom is 0.141 e. The van der Waals surface area contributed by atoms with Crippen molar-refractivity contribution in [2.24, 2.45) is 0 Å². The Morgan fingerprint density at radius 2 is 1.90 bits per heavy atom. The van der Waals surface area contributed by atoms with Gasteiger partial charge < -0.3 is 10.2 Å². The van der Waals surface area contributed by atoms with Crippen molar-refractivity contribution in [1.29, 1.82) is 0 Å². The summed E-state index contributed by atoms with van der Waals surface area (Å²) in [7, 11) is 0. The largest absolute Gasteiger partial charge is 0.376 e. The number of halogens is 1. The van der Waals surface area contributed by atoms with Crippen LogP contribution in [0.5, 0.6) is 0 Å². The van der Waals surface area contributed by atoms with E-state index in [1.165, 1.54) is 25.1 Å². The Kier molecular flexibility index (Phi) is 3.99. The highest BCUT2D eigenvalue weighted by Crippen LogP contribution is 2.21. The molecular formula is C16H19FN4. The highest BCUT2D eigenvalue weighted by Gasteiger charge is 2.13. The highest BCUT2D eigenvalue weighted by atomic mass is 19.1. The number of aromatic nitrogens is 2. The van der Waals surface area contributed by atoms with Crippen LogP contribution >= 0.6 is 0 Å². The van der Waals surface area contributed by atoms with E-state index in [2.05, 4.69) is 20.2 Å². The van der Waals surface area contributed by atoms with Crippen molar-refractivity contribution in [2.75, 3.05) is 23.3 Å². The zero-order chi connectivity index (χ0) is 14.7. The van der Waals surface area contributed by atoms with E-state index >= 15 is 0 Å². The molecule has 0 aliphatic carbocycles. The van der Waals surface area contributed by atoms with Gasteiger partial charge in [-0.15, -0.1) is 0 Å². The van der Waals surface area contributed by atoms with E-state index in [9.17, 15) is 4.39 Å². The van der Waals surface area contributed by atoms with Crippen LogP contribution in [-0.4, -0.2) is 23.1 Å². The summed E-state index contributed by atoms with van der Waals surface area (Å²) in [5, 5.41) is 3.33. The van der Waals surface area contributed by atoms with E-state index in [-0.39, 0.29) is 11.9 Å². The lowest BCUT2D eigenvalue weighted by Crippen LogP contribution is -2.18. The van der Waals surface area contributed by atoms with Gasteiger partial charge in [0, 0.05) is 13.1 Å². The van der Waals surface area contributed by atoms with Gasteiger partial charge in [0.05, 0.1) is 29.8 Å². The zero-order valence-corrected chi connectivity index (χ0v) is 12.1. The fourth-order valence-corrected chi connectivity index (χ4v) is 2.57. The van der Waals surface area contributed by atoms with Crippen LogP contribution in [0.4, 0.5) is 15.9 Å². The van der Waals surface area contributed by atoms with Gasteiger partial charge in [0.1, 0.15) is 11.6 Å². The van der Waals surface area contributed by atoms with Gasteiger partial charge in [-0.1, -0.05) is 0 Å². The maximum absolute atomic E-state index is 12.9. The minimum atomic E-state index is -0.317. The fourth-order valence-electron chi connectivity index (χ4n) is 2.57. The molecule has 2 aromatic rings. The molecular weight excluding hydrogens is 267 g/mol. The molecule has 0 radical (unpaired) electrons. The van der Waals surface area contributed by atoms with Crippen LogP contribution in [0.15, 0.2) is 36.7 Å². The number of hydrogen-bond acceptors (Lipinski definition) is 4. The average Bonchev–Trinajstić information content (AvgIpc) is 3.03. The van der Waals surface area contributed by atoms with Gasteiger partial charge in [-0.25, -0.2) is 9.37 Å². The molecule has 1 aliphatic rings. The first-order valence-corrected chi connectivity index (χ1v) is 7.31. The van der Waals surface area contributed by atoms with E-state index in [1.807, 2.05) is 25.3 Å². The van der Waals surface area contributed by atoms with Crippen molar-refractivity contribution in [1.82, 2.24) is 9.97 Å². The number of nitrogens with zero attached hydrogens (tertiary/aromatic N) is 3. The number of nitrogens with one attached hydrogen (secondary N) is 1. The minimum absolute atomic E-state index is 0.00466. The predicted molar refractivity (Wildman–Crippen MR) is 81.9 cm³/mol. The lowest BCUT2D eigenvalue weighted by atomic mass is 10.2. The standard InChI is InChI=1S/C16H19FN4/c1-12(15-6-4-13(17)10-18-15)20-14-5-7-16(19-11-14)21-8-2-3-9-21/h4-7,10-12,20H,2-3,8-9H2,1H3. The van der Waals surface area contributed by atoms with Crippen LogP contribution in [0.1, 0.15) is 31.5 Å². The van der Waals surface area contributed by atoms with Crippen LogP contribution < -0.4 is 10.2 Å². The van der Waals surface area contributed by atoms with Crippen molar-refractivity contribution < 1.29 is 4.39 Å². The molecule has 1 aliphatic heterocycles. The summed E-state index contributed by atoms with van der Waals surface area (Å²) in [4.78, 5) is 10.9. The Morgan fingerprint density at radius 1 is 1.10 bits per heavy atom. The molecule has 1 atom stereocenters. The monoisotopic (exact) mass is 286 g/mol. The molecule has 3 heterocycles. The molecule has 1 fully saturated rings. The summed E-state index contributed by atoms with van der Waals surface area (Å²) < 4.78 is 12.9. The Bertz CT molecular complexity index is 576. The number of anilines is 2. The first-order chi connectivity index (χ1) is 10.2. The van der Waals surface area contributed by atoms with E-state index in [4.69, 9.17) is 0 Å². The number of hydrogen-bond donors (Lipinski definition) is 1. The van der Waals surface area contributed by atoms with Gasteiger partial charge in [-0.05, 0) is 44.0 Å². The van der Waals surface area contributed by atoms with E-state index in [0.717, 1.165) is 30.3 Å². The molecule has 0 amide bonds. The molecule has 3 rings (SSSR count). The Labute approximate surface area is 124 Å². The quantitative estimate of drug-likeness (QED) is 0.935. The van der Waals surface area contributed by atoms with Crippen LogP contribution in [0.25, 0.3) is 0 Å². The van der Waals surface area contributed by atoms with Crippen molar-refractivity contribution in [3.63, 3.8) is 0 Å². The maximum atomic E-state index is 12.9. The second-order valence-corrected chi connectivity index (χ2v) is 5.37. The average molecular weight is 286 g/mol. The molecule has 21 heavy (non-hydrogen) atoms. The number of pyridine rings is 2. The van der Waals surface area contributed by atoms with E-state index < -0.39 is 0 Å². The fraction of sp³-hybridized carbons (Fsp3) is 0.375. The summed E-state index contributed by atoms with van der Waals surface area (Å²) in [6.45, 7) is 4.18. The van der Waals surface area contributed by atoms with Crippen LogP contribution in [0.3, 0.4) is 0 Å². The van der Waals surface area contributed by atoms with E-state index in [0.29, 0.717) is 0 Å². The second kappa shape index (κ2) is 6.08. The predicted octanol–water partition coefficient (Wildman–Crippen LogP) is 3.39. The normalized spacial score (nSPS) is 16.0. The number of rotatable bonds is 4. The van der Waals surface area contributed by atoms with Crippen LogP contribution in [0, 0.1) is 5.82 Å². The molecule has 0 bridgehead atoms. The summed E-state index contributed by atoms with van der Waals surface area (Å²) in [5.74, 6) is 0.716. The summed E-state index contributed by atoms with van der Waals surface area (Å²) in [6.07, 6.45) is 5.57. The summed E-state index contributed by atoms with van der Waals surface area (Å²) >= 11 is 0. The van der Waals surface area contributed by atoms with Crippen LogP contribution in [0.2, 0.25) is 0 Å². The summed E-state index contributed by atoms with van der Waals surface area (Å²) in [6, 6.07) is 7.19. The Hall–Kier alpha value is -2.17. The van der Waals surface area contributed by atoms with Gasteiger partial charge in [-0.3, -0.25) is 4.98 Å². The molecule has 5 heteroatoms. The van der Waals surface area contributed by atoms with Crippen molar-refractivity contribution in [3.05, 3.63) is 48.2 Å². The minimum Gasteiger partial charge on any atom is -0.376 e. The SMILES string of the molecule is CC(Nc1ccc(N2CCCC2)nc1)c1ccc(F)cn1. The molecule has 110 valence electrons. The van der Waals surface area contributed by atoms with Crippen molar-refractivity contribution in [3.8, 4) is 0 Å². The molecule has 0 saturated carbocycles. The second-order valence-electron chi connectivity index (χ2n) is 5.37. The first-order valence-electron chi connectivity index (χ1n) is 7.31. The van der Waals surface area contributed by atoms with Crippen molar-refractivity contribution >= 4 is 11.5 Å². The molecule has 0 aromatic carbocycles. The molecule has 2 aromatic heterocycles. The van der Waals surface area contributed by atoms with Gasteiger partial charge in [-0.2, -0.15) is 0 Å². The van der Waals surface area contributed by atoms with Gasteiger partial charge in [0.25, 0.3) is 0 Å². The lowest BCUT2D eigenvalue weighted by Gasteiger charge is -2.18. The molecule has 4 nitrogen and oxygen atoms in total. The Balaban J connectivity index is 1.65. The third-order valence-corrected chi connectivity index (χ3v) is 3.76. The molecule has 0 spiro atoms. The van der Waals surface area contributed by atoms with Crippen LogP contribution in [-0.2, 0) is 0 Å². The smallest absolute Gasteiger partial charge is 0.141 e. The van der Waals surface area contributed by atoms with E-state index in [1.54, 1.807) is 6.07 Å². The third kappa shape index (κ3) is 3.29. The Morgan fingerprint density at radius 3 is 2.52 bits per heavy atom. The highest BCUT2D eigenvalue weighted by molar-refractivity contribution is 5.49. The topological polar surface area (TPSA) is 41.0 Å². The molecule has 1 N–H and O–H groups in total. The van der Waals surface area contributed by atoms with Gasteiger partial charge in [0.15, 0.2) is 0 Å². The third-order valence-electron chi connectivity index (χ3n) is 3.76. The summed E-state index contributed by atoms with van der Waals surface area (Å²) in [5.41, 5.74) is 1.75. The van der Waals surface area contributed by atoms with Crippen molar-refractivity contribution in [2.45, 2.75) is 25.8 Å². The van der Waals surface area contributed by atoms with Gasteiger partial charge >= 0.3 is 0 Å². The zero-order valence-electron chi connectivity index (χ0n) is 12.1. The van der Waals surface area contributed by atoms with Gasteiger partial charge in [0.2, 0.25) is 0 Å². The lowest BCUT2D eigenvalue weighted by molar-refractivity contribution is 0.617. The molecule has 1 unspecified atom stereocenters. The first kappa shape index (κ1) is 13.8.